The molecule has 0 spiro atoms. The maximum Gasteiger partial charge on any atom is 0.161 e. The molecule has 0 saturated carbocycles. The maximum atomic E-state index is 6.51. The van der Waals surface area contributed by atoms with Crippen LogP contribution in [0.1, 0.15) is 33.9 Å². The predicted molar refractivity (Wildman–Crippen MR) is 86.2 cm³/mol. The number of ether oxygens (including phenoxy) is 2. The van der Waals surface area contributed by atoms with Gasteiger partial charge in [0.2, 0.25) is 0 Å². The van der Waals surface area contributed by atoms with Crippen molar-refractivity contribution in [2.75, 3.05) is 14.2 Å². The van der Waals surface area contributed by atoms with E-state index in [1.165, 1.54) is 11.1 Å². The molecule has 1 unspecified atom stereocenters. The zero-order chi connectivity index (χ0) is 15.6. The van der Waals surface area contributed by atoms with E-state index >= 15 is 0 Å². The third-order valence-electron chi connectivity index (χ3n) is 3.88. The molecule has 3 heteroatoms. The van der Waals surface area contributed by atoms with E-state index in [9.17, 15) is 0 Å². The lowest BCUT2D eigenvalue weighted by Crippen LogP contribution is -2.15. The van der Waals surface area contributed by atoms with Gasteiger partial charge >= 0.3 is 0 Å². The van der Waals surface area contributed by atoms with Crippen LogP contribution >= 0.6 is 0 Å². The first kappa shape index (κ1) is 15.4. The Kier molecular flexibility index (Phi) is 4.53. The van der Waals surface area contributed by atoms with Gasteiger partial charge in [-0.1, -0.05) is 23.8 Å². The molecule has 0 aromatic heterocycles. The second kappa shape index (κ2) is 6.19. The molecule has 1 atom stereocenters. The Bertz CT molecular complexity index is 650. The van der Waals surface area contributed by atoms with Crippen molar-refractivity contribution in [3.63, 3.8) is 0 Å². The molecule has 0 aliphatic heterocycles. The van der Waals surface area contributed by atoms with Crippen LogP contribution in [0.4, 0.5) is 0 Å². The van der Waals surface area contributed by atoms with Crippen LogP contribution in [-0.2, 0) is 0 Å². The molecule has 0 fully saturated rings. The monoisotopic (exact) mass is 285 g/mol. The second-order valence-electron chi connectivity index (χ2n) is 5.40. The Morgan fingerprint density at radius 1 is 0.810 bits per heavy atom. The Labute approximate surface area is 126 Å². The summed E-state index contributed by atoms with van der Waals surface area (Å²) in [6, 6.07) is 10.1. The molecule has 3 nitrogen and oxygen atoms in total. The van der Waals surface area contributed by atoms with E-state index in [2.05, 4.69) is 32.0 Å². The molecular weight excluding hydrogens is 262 g/mol. The molecule has 0 saturated heterocycles. The van der Waals surface area contributed by atoms with Crippen molar-refractivity contribution >= 4 is 0 Å². The van der Waals surface area contributed by atoms with Crippen molar-refractivity contribution in [2.24, 2.45) is 5.73 Å². The summed E-state index contributed by atoms with van der Waals surface area (Å²) in [6.07, 6.45) is 0. The normalized spacial score (nSPS) is 12.1. The fourth-order valence-corrected chi connectivity index (χ4v) is 2.59. The van der Waals surface area contributed by atoms with Gasteiger partial charge in [0.15, 0.2) is 11.5 Å². The van der Waals surface area contributed by atoms with Gasteiger partial charge in [-0.3, -0.25) is 0 Å². The zero-order valence-electron chi connectivity index (χ0n) is 13.4. The Balaban J connectivity index is 2.52. The highest BCUT2D eigenvalue weighted by Crippen LogP contribution is 2.35. The summed E-state index contributed by atoms with van der Waals surface area (Å²) in [7, 11) is 3.28. The zero-order valence-corrected chi connectivity index (χ0v) is 13.4. The number of benzene rings is 2. The quantitative estimate of drug-likeness (QED) is 0.932. The number of aryl methyl sites for hydroxylation is 3. The van der Waals surface area contributed by atoms with E-state index in [0.29, 0.717) is 5.75 Å². The summed E-state index contributed by atoms with van der Waals surface area (Å²) in [5.41, 5.74) is 12.2. The van der Waals surface area contributed by atoms with E-state index in [1.54, 1.807) is 14.2 Å². The van der Waals surface area contributed by atoms with Crippen LogP contribution in [0.15, 0.2) is 30.3 Å². The maximum absolute atomic E-state index is 6.51. The van der Waals surface area contributed by atoms with Crippen molar-refractivity contribution in [3.05, 3.63) is 58.1 Å². The molecule has 112 valence electrons. The van der Waals surface area contributed by atoms with Crippen molar-refractivity contribution in [3.8, 4) is 11.5 Å². The lowest BCUT2D eigenvalue weighted by atomic mass is 9.91. The summed E-state index contributed by atoms with van der Waals surface area (Å²) >= 11 is 0. The van der Waals surface area contributed by atoms with Gasteiger partial charge in [-0.25, -0.2) is 0 Å². The third-order valence-corrected chi connectivity index (χ3v) is 3.88. The van der Waals surface area contributed by atoms with Crippen molar-refractivity contribution in [2.45, 2.75) is 26.8 Å². The number of nitrogens with two attached hydrogens (primary N) is 1. The van der Waals surface area contributed by atoms with Crippen molar-refractivity contribution < 1.29 is 9.47 Å². The van der Waals surface area contributed by atoms with E-state index in [4.69, 9.17) is 15.2 Å². The minimum Gasteiger partial charge on any atom is -0.493 e. The fourth-order valence-electron chi connectivity index (χ4n) is 2.59. The van der Waals surface area contributed by atoms with E-state index in [0.717, 1.165) is 22.4 Å². The SMILES string of the molecule is COc1cc(C)c(C(N)c2cc(C)ccc2C)cc1OC. The molecule has 2 N–H and O–H groups in total. The average molecular weight is 285 g/mol. The highest BCUT2D eigenvalue weighted by atomic mass is 16.5. The molecule has 2 aromatic carbocycles. The Hall–Kier alpha value is -2.00. The molecule has 0 aliphatic rings. The average Bonchev–Trinajstić information content (AvgIpc) is 2.48. The van der Waals surface area contributed by atoms with Crippen LogP contribution in [0.25, 0.3) is 0 Å². The summed E-state index contributed by atoms with van der Waals surface area (Å²) in [6.45, 7) is 6.21. The largest absolute Gasteiger partial charge is 0.493 e. The van der Waals surface area contributed by atoms with Gasteiger partial charge in [0, 0.05) is 0 Å². The van der Waals surface area contributed by atoms with Gasteiger partial charge in [-0.05, 0) is 55.2 Å². The second-order valence-corrected chi connectivity index (χ2v) is 5.40. The first-order valence-corrected chi connectivity index (χ1v) is 7.03. The fraction of sp³-hybridized carbons (Fsp3) is 0.333. The minimum absolute atomic E-state index is 0.176. The first-order chi connectivity index (χ1) is 9.97. The van der Waals surface area contributed by atoms with E-state index < -0.39 is 0 Å². The molecule has 2 aromatic rings. The highest BCUT2D eigenvalue weighted by molar-refractivity contribution is 5.51. The van der Waals surface area contributed by atoms with Gasteiger partial charge in [-0.15, -0.1) is 0 Å². The number of hydrogen-bond donors (Lipinski definition) is 1. The van der Waals surface area contributed by atoms with Crippen molar-refractivity contribution in [1.29, 1.82) is 0 Å². The summed E-state index contributed by atoms with van der Waals surface area (Å²) in [5, 5.41) is 0. The molecular formula is C18H23NO2. The molecule has 0 heterocycles. The molecule has 21 heavy (non-hydrogen) atoms. The standard InChI is InChI=1S/C18H23NO2/c1-11-6-7-12(2)14(8-11)18(19)15-10-17(21-5)16(20-4)9-13(15)3/h6-10,18H,19H2,1-5H3. The lowest BCUT2D eigenvalue weighted by molar-refractivity contribution is 0.354. The van der Waals surface area contributed by atoms with Crippen LogP contribution in [0.3, 0.4) is 0 Å². The summed E-state index contributed by atoms with van der Waals surface area (Å²) < 4.78 is 10.7. The molecule has 0 amide bonds. The van der Waals surface area contributed by atoms with Crippen LogP contribution in [-0.4, -0.2) is 14.2 Å². The number of hydrogen-bond acceptors (Lipinski definition) is 3. The lowest BCUT2D eigenvalue weighted by Gasteiger charge is -2.20. The van der Waals surface area contributed by atoms with Gasteiger partial charge in [0.1, 0.15) is 0 Å². The molecule has 0 aliphatic carbocycles. The highest BCUT2D eigenvalue weighted by Gasteiger charge is 2.17. The predicted octanol–water partition coefficient (Wildman–Crippen LogP) is 3.68. The summed E-state index contributed by atoms with van der Waals surface area (Å²) in [4.78, 5) is 0. The topological polar surface area (TPSA) is 44.5 Å². The third kappa shape index (κ3) is 3.03. The minimum atomic E-state index is -0.176. The number of methoxy groups -OCH3 is 2. The van der Waals surface area contributed by atoms with Gasteiger partial charge in [0.25, 0.3) is 0 Å². The van der Waals surface area contributed by atoms with Crippen LogP contribution < -0.4 is 15.2 Å². The molecule has 2 rings (SSSR count). The Morgan fingerprint density at radius 2 is 1.38 bits per heavy atom. The smallest absolute Gasteiger partial charge is 0.161 e. The van der Waals surface area contributed by atoms with E-state index in [1.807, 2.05) is 19.1 Å². The Morgan fingerprint density at radius 3 is 2.00 bits per heavy atom. The van der Waals surface area contributed by atoms with Gasteiger partial charge < -0.3 is 15.2 Å². The first-order valence-electron chi connectivity index (χ1n) is 7.03. The summed E-state index contributed by atoms with van der Waals surface area (Å²) in [5.74, 6) is 1.44. The van der Waals surface area contributed by atoms with Crippen LogP contribution in [0.2, 0.25) is 0 Å². The van der Waals surface area contributed by atoms with E-state index in [-0.39, 0.29) is 6.04 Å². The number of rotatable bonds is 4. The van der Waals surface area contributed by atoms with Gasteiger partial charge in [-0.2, -0.15) is 0 Å². The van der Waals surface area contributed by atoms with Crippen molar-refractivity contribution in [1.82, 2.24) is 0 Å². The molecule has 0 radical (unpaired) electrons. The van der Waals surface area contributed by atoms with Crippen LogP contribution in [0, 0.1) is 20.8 Å². The van der Waals surface area contributed by atoms with Gasteiger partial charge in [0.05, 0.1) is 20.3 Å². The van der Waals surface area contributed by atoms with Crippen LogP contribution in [0.5, 0.6) is 11.5 Å². The molecule has 0 bridgehead atoms.